The minimum Gasteiger partial charge on any atom is -0.778 e. The standard InChI is InChI=1S/C19H24NO5P.K/c1-19(2,26(22,23)24)18(21)20-13-7-9-15-8-6-12-17(14-15)25-16-10-4-3-5-11-16;/h3-6,8,10-12,14H,7,9,13H2,1-2H3,(H,20,21)(H2,22,23,24);/q;+1/p-1. The Morgan fingerprint density at radius 1 is 1.15 bits per heavy atom. The van der Waals surface area contributed by atoms with Crippen LogP contribution >= 0.6 is 7.60 Å². The summed E-state index contributed by atoms with van der Waals surface area (Å²) < 4.78 is 17.0. The van der Waals surface area contributed by atoms with E-state index in [2.05, 4.69) is 5.32 Å². The quantitative estimate of drug-likeness (QED) is 0.355. The smallest absolute Gasteiger partial charge is 0.778 e. The number of rotatable bonds is 8. The summed E-state index contributed by atoms with van der Waals surface area (Å²) in [5.41, 5.74) is 1.04. The number of para-hydroxylation sites is 1. The summed E-state index contributed by atoms with van der Waals surface area (Å²) in [4.78, 5) is 32.3. The molecule has 1 amide bonds. The van der Waals surface area contributed by atoms with Gasteiger partial charge in [0, 0.05) is 6.54 Å². The van der Waals surface area contributed by atoms with Crippen molar-refractivity contribution in [2.24, 2.45) is 0 Å². The molecule has 0 aliphatic heterocycles. The van der Waals surface area contributed by atoms with Gasteiger partial charge in [0.15, 0.2) is 0 Å². The summed E-state index contributed by atoms with van der Waals surface area (Å²) in [6, 6.07) is 17.1. The molecule has 0 radical (unpaired) electrons. The molecule has 2 aromatic rings. The maximum absolute atomic E-state index is 11.9. The van der Waals surface area contributed by atoms with E-state index in [-0.39, 0.29) is 51.4 Å². The Morgan fingerprint density at radius 2 is 1.78 bits per heavy atom. The molecule has 0 heterocycles. The van der Waals surface area contributed by atoms with Crippen LogP contribution in [0, 0.1) is 0 Å². The predicted molar refractivity (Wildman–Crippen MR) is 98.2 cm³/mol. The molecule has 1 unspecified atom stereocenters. The second-order valence-corrected chi connectivity index (χ2v) is 8.66. The van der Waals surface area contributed by atoms with Gasteiger partial charge in [-0.3, -0.25) is 4.79 Å². The predicted octanol–water partition coefficient (Wildman–Crippen LogP) is -0.144. The molecule has 0 saturated heterocycles. The van der Waals surface area contributed by atoms with Gasteiger partial charge in [-0.1, -0.05) is 30.3 Å². The van der Waals surface area contributed by atoms with E-state index in [0.29, 0.717) is 19.4 Å². The van der Waals surface area contributed by atoms with Gasteiger partial charge in [-0.15, -0.1) is 0 Å². The van der Waals surface area contributed by atoms with Crippen molar-refractivity contribution in [1.82, 2.24) is 5.32 Å². The van der Waals surface area contributed by atoms with Crippen LogP contribution in [-0.2, 0) is 15.8 Å². The third-order valence-electron chi connectivity index (χ3n) is 4.07. The van der Waals surface area contributed by atoms with Gasteiger partial charge in [-0.2, -0.15) is 0 Å². The Morgan fingerprint density at radius 3 is 2.41 bits per heavy atom. The number of nitrogens with one attached hydrogen (secondary N) is 1. The number of carbonyl (C=O) groups excluding carboxylic acids is 1. The van der Waals surface area contributed by atoms with E-state index in [4.69, 9.17) is 9.63 Å². The summed E-state index contributed by atoms with van der Waals surface area (Å²) in [5, 5.41) is 0.715. The van der Waals surface area contributed by atoms with Crippen LogP contribution in [0.25, 0.3) is 0 Å². The largest absolute Gasteiger partial charge is 1.00 e. The van der Waals surface area contributed by atoms with Crippen LogP contribution in [0.3, 0.4) is 0 Å². The van der Waals surface area contributed by atoms with Crippen molar-refractivity contribution in [3.05, 3.63) is 60.2 Å². The van der Waals surface area contributed by atoms with Crippen molar-refractivity contribution in [3.63, 3.8) is 0 Å². The van der Waals surface area contributed by atoms with Crippen molar-refractivity contribution >= 4 is 13.5 Å². The van der Waals surface area contributed by atoms with Gasteiger partial charge in [-0.05, 0) is 56.5 Å². The molecule has 27 heavy (non-hydrogen) atoms. The van der Waals surface area contributed by atoms with Crippen molar-refractivity contribution in [3.8, 4) is 11.5 Å². The second-order valence-electron chi connectivity index (χ2n) is 6.50. The zero-order chi connectivity index (χ0) is 19.2. The number of aryl methyl sites for hydroxylation is 1. The van der Waals surface area contributed by atoms with Gasteiger partial charge in [0.1, 0.15) is 24.3 Å². The number of hydrogen-bond donors (Lipinski definition) is 2. The molecule has 0 aliphatic carbocycles. The molecule has 0 aromatic heterocycles. The zero-order valence-electron chi connectivity index (χ0n) is 15.8. The zero-order valence-corrected chi connectivity index (χ0v) is 19.9. The van der Waals surface area contributed by atoms with E-state index in [9.17, 15) is 14.3 Å². The number of hydrogen-bond acceptors (Lipinski definition) is 4. The van der Waals surface area contributed by atoms with Crippen LogP contribution in [0.4, 0.5) is 0 Å². The monoisotopic (exact) mass is 415 g/mol. The fourth-order valence-corrected chi connectivity index (χ4v) is 2.56. The molecule has 2 rings (SSSR count). The van der Waals surface area contributed by atoms with E-state index in [1.54, 1.807) is 0 Å². The number of ether oxygens (including phenoxy) is 1. The van der Waals surface area contributed by atoms with Crippen molar-refractivity contribution in [2.45, 2.75) is 31.8 Å². The summed E-state index contributed by atoms with van der Waals surface area (Å²) >= 11 is 0. The molecule has 0 fully saturated rings. The maximum atomic E-state index is 11.9. The first-order valence-corrected chi connectivity index (χ1v) is 9.92. The van der Waals surface area contributed by atoms with Crippen LogP contribution in [0.15, 0.2) is 54.6 Å². The molecule has 8 heteroatoms. The molecule has 140 valence electrons. The first kappa shape index (κ1) is 24.5. The summed E-state index contributed by atoms with van der Waals surface area (Å²) in [7, 11) is -4.75. The van der Waals surface area contributed by atoms with Crippen molar-refractivity contribution in [1.29, 1.82) is 0 Å². The molecule has 0 aliphatic rings. The fourth-order valence-electron chi connectivity index (χ4n) is 2.23. The Bertz CT molecular complexity index is 792. The Hall–Kier alpha value is -0.504. The third-order valence-corrected chi connectivity index (χ3v) is 5.68. The fraction of sp³-hybridized carbons (Fsp3) is 0.316. The first-order valence-electron chi connectivity index (χ1n) is 8.34. The van der Waals surface area contributed by atoms with Gasteiger partial charge in [0.2, 0.25) is 5.91 Å². The molecule has 0 saturated carbocycles. The van der Waals surface area contributed by atoms with Crippen LogP contribution < -0.4 is 66.3 Å². The van der Waals surface area contributed by atoms with Crippen molar-refractivity contribution < 1.29 is 75.3 Å². The molecule has 2 aromatic carbocycles. The second kappa shape index (κ2) is 10.9. The van der Waals surface area contributed by atoms with Crippen LogP contribution in [0.2, 0.25) is 0 Å². The van der Waals surface area contributed by atoms with Crippen LogP contribution in [0.1, 0.15) is 25.8 Å². The minimum absolute atomic E-state index is 0. The van der Waals surface area contributed by atoms with Crippen molar-refractivity contribution in [2.75, 3.05) is 6.54 Å². The van der Waals surface area contributed by atoms with Gasteiger partial charge >= 0.3 is 51.4 Å². The van der Waals surface area contributed by atoms with Gasteiger partial charge < -0.3 is 24.4 Å². The average Bonchev–Trinajstić information content (AvgIpc) is 2.59. The third kappa shape index (κ3) is 7.44. The van der Waals surface area contributed by atoms with Gasteiger partial charge in [0.05, 0.1) is 0 Å². The average molecular weight is 415 g/mol. The van der Waals surface area contributed by atoms with Crippen LogP contribution in [-0.4, -0.2) is 22.5 Å². The van der Waals surface area contributed by atoms with E-state index in [1.807, 2.05) is 54.6 Å². The molecular formula is C19H23KNO5P. The SMILES string of the molecule is CC(C)(C(=O)NCCCc1cccc(Oc2ccccc2)c1)P(=O)([O-])O.[K+]. The Kier molecular flexibility index (Phi) is 9.89. The summed E-state index contributed by atoms with van der Waals surface area (Å²) in [6.07, 6.45) is 1.33. The summed E-state index contributed by atoms with van der Waals surface area (Å²) in [6.45, 7) is 2.67. The summed E-state index contributed by atoms with van der Waals surface area (Å²) in [5.74, 6) is 0.774. The number of benzene rings is 2. The molecule has 2 N–H and O–H groups in total. The topological polar surface area (TPSA) is 98.7 Å². The molecule has 1 atom stereocenters. The minimum atomic E-state index is -4.75. The van der Waals surface area contributed by atoms with E-state index in [1.165, 1.54) is 13.8 Å². The molecular weight excluding hydrogens is 392 g/mol. The first-order chi connectivity index (χ1) is 12.2. The van der Waals surface area contributed by atoms with E-state index in [0.717, 1.165) is 17.1 Å². The maximum Gasteiger partial charge on any atom is 1.00 e. The molecule has 0 spiro atoms. The molecule has 6 nitrogen and oxygen atoms in total. The Labute approximate surface area is 202 Å². The Balaban J connectivity index is 0.00000364. The van der Waals surface area contributed by atoms with Crippen LogP contribution in [0.5, 0.6) is 11.5 Å². The van der Waals surface area contributed by atoms with E-state index >= 15 is 0 Å². The number of carbonyl (C=O) groups is 1. The number of amides is 1. The normalized spacial score (nSPS) is 13.2. The van der Waals surface area contributed by atoms with E-state index < -0.39 is 18.7 Å². The molecule has 0 bridgehead atoms. The van der Waals surface area contributed by atoms with Gasteiger partial charge in [0.25, 0.3) is 0 Å². The van der Waals surface area contributed by atoms with Gasteiger partial charge in [-0.25, -0.2) is 0 Å².